The Labute approximate surface area is 245 Å². The number of hydrogen-bond donors (Lipinski definition) is 1. The molecule has 2 aliphatic rings. The molecule has 1 saturated heterocycles. The summed E-state index contributed by atoms with van der Waals surface area (Å²) in [6, 6.07) is 17.1. The van der Waals surface area contributed by atoms with Gasteiger partial charge in [0.15, 0.2) is 11.3 Å². The summed E-state index contributed by atoms with van der Waals surface area (Å²) in [6.45, 7) is 1.33. The van der Waals surface area contributed by atoms with Crippen LogP contribution in [-0.2, 0) is 17.9 Å². The van der Waals surface area contributed by atoms with Crippen molar-refractivity contribution in [3.8, 4) is 17.1 Å². The van der Waals surface area contributed by atoms with Crippen LogP contribution in [0.2, 0.25) is 5.02 Å². The van der Waals surface area contributed by atoms with Gasteiger partial charge < -0.3 is 19.1 Å². The topological polar surface area (TPSA) is 112 Å². The number of aromatic carboxylic acids is 1. The number of pyridine rings is 3. The summed E-state index contributed by atoms with van der Waals surface area (Å²) in [5.74, 6) is 0.0153. The van der Waals surface area contributed by atoms with Crippen LogP contribution < -0.4 is 4.74 Å². The Morgan fingerprint density at radius 2 is 1.98 bits per heavy atom. The van der Waals surface area contributed by atoms with Crippen molar-refractivity contribution in [3.05, 3.63) is 100 Å². The van der Waals surface area contributed by atoms with Gasteiger partial charge in [-0.25, -0.2) is 24.1 Å². The molecule has 1 aromatic carbocycles. The van der Waals surface area contributed by atoms with Gasteiger partial charge in [-0.1, -0.05) is 23.7 Å². The number of nitrogens with zero attached hydrogens (tertiary/aromatic N) is 5. The normalized spacial score (nSPS) is 19.4. The molecule has 1 N–H and O–H groups in total. The van der Waals surface area contributed by atoms with Gasteiger partial charge in [-0.3, -0.25) is 4.98 Å². The van der Waals surface area contributed by atoms with E-state index in [1.165, 1.54) is 12.1 Å². The molecule has 3 unspecified atom stereocenters. The van der Waals surface area contributed by atoms with Crippen molar-refractivity contribution in [2.75, 3.05) is 6.61 Å². The number of imidazole rings is 1. The molecule has 0 bridgehead atoms. The molecule has 5 aromatic rings. The zero-order chi connectivity index (χ0) is 28.8. The zero-order valence-electron chi connectivity index (χ0n) is 22.3. The van der Waals surface area contributed by atoms with E-state index in [4.69, 9.17) is 26.1 Å². The van der Waals surface area contributed by atoms with E-state index in [1.54, 1.807) is 30.5 Å². The standard InChI is InChI=1S/C31H25ClFN5O4/c32-19-5-4-18(23(33)13-19)16-42-28-3-1-2-24(35-28)17-8-10-34-27(12-17)21-14-22(21)29-36-25-6-7-26(31(39)40)37-30(25)38(29)15-20-9-11-41-20/h1-8,10,12-13,20-22H,9,11,14-16H2,(H,39,40). The lowest BCUT2D eigenvalue weighted by Crippen LogP contribution is -2.31. The van der Waals surface area contributed by atoms with Crippen molar-refractivity contribution in [1.82, 2.24) is 24.5 Å². The molecule has 7 rings (SSSR count). The first-order valence-corrected chi connectivity index (χ1v) is 14.0. The molecule has 9 nitrogen and oxygen atoms in total. The fourth-order valence-electron chi connectivity index (χ4n) is 5.30. The van der Waals surface area contributed by atoms with Crippen molar-refractivity contribution in [3.63, 3.8) is 0 Å². The van der Waals surface area contributed by atoms with Crippen LogP contribution in [0.1, 0.15) is 52.2 Å². The van der Waals surface area contributed by atoms with Crippen LogP contribution in [0.15, 0.2) is 66.9 Å². The van der Waals surface area contributed by atoms with Crippen LogP contribution in [0.3, 0.4) is 0 Å². The predicted molar refractivity (Wildman–Crippen MR) is 152 cm³/mol. The Bertz CT molecular complexity index is 1820. The highest BCUT2D eigenvalue weighted by molar-refractivity contribution is 6.30. The van der Waals surface area contributed by atoms with E-state index in [1.807, 2.05) is 28.8 Å². The lowest BCUT2D eigenvalue weighted by Gasteiger charge is -2.27. The molecule has 0 amide bonds. The largest absolute Gasteiger partial charge is 0.477 e. The van der Waals surface area contributed by atoms with E-state index in [2.05, 4.69) is 15.0 Å². The molecular weight excluding hydrogens is 561 g/mol. The Hall–Kier alpha value is -4.41. The second-order valence-corrected chi connectivity index (χ2v) is 10.9. The van der Waals surface area contributed by atoms with Gasteiger partial charge in [0.1, 0.15) is 23.8 Å². The summed E-state index contributed by atoms with van der Waals surface area (Å²) in [5.41, 5.74) is 4.13. The maximum atomic E-state index is 14.2. The first-order chi connectivity index (χ1) is 20.4. The van der Waals surface area contributed by atoms with Gasteiger partial charge in [-0.05, 0) is 55.3 Å². The Balaban J connectivity index is 1.12. The molecular formula is C31H25ClFN5O4. The number of aromatic nitrogens is 5. The van der Waals surface area contributed by atoms with Gasteiger partial charge in [0.2, 0.25) is 5.88 Å². The number of carbonyl (C=O) groups is 1. The number of rotatable bonds is 9. The van der Waals surface area contributed by atoms with Crippen molar-refractivity contribution < 1.29 is 23.8 Å². The molecule has 1 saturated carbocycles. The number of carboxylic acids is 1. The number of carboxylic acid groups (broad SMARTS) is 1. The van der Waals surface area contributed by atoms with E-state index >= 15 is 0 Å². The maximum absolute atomic E-state index is 14.2. The minimum atomic E-state index is -1.07. The van der Waals surface area contributed by atoms with Gasteiger partial charge in [0.05, 0.1) is 18.3 Å². The minimum absolute atomic E-state index is 0.0107. The van der Waals surface area contributed by atoms with Crippen LogP contribution in [0.25, 0.3) is 22.4 Å². The quantitative estimate of drug-likeness (QED) is 0.223. The van der Waals surface area contributed by atoms with Gasteiger partial charge in [-0.2, -0.15) is 0 Å². The average Bonchev–Trinajstić information content (AvgIpc) is 3.69. The number of fused-ring (bicyclic) bond motifs is 1. The molecule has 4 aromatic heterocycles. The van der Waals surface area contributed by atoms with Gasteiger partial charge >= 0.3 is 5.97 Å². The van der Waals surface area contributed by atoms with Crippen LogP contribution in [0.5, 0.6) is 5.88 Å². The molecule has 3 atom stereocenters. The first kappa shape index (κ1) is 26.5. The lowest BCUT2D eigenvalue weighted by molar-refractivity contribution is -0.0590. The molecule has 1 aliphatic carbocycles. The fourth-order valence-corrected chi connectivity index (χ4v) is 5.46. The number of hydrogen-bond acceptors (Lipinski definition) is 7. The second kappa shape index (κ2) is 10.8. The fraction of sp³-hybridized carbons (Fsp3) is 0.258. The highest BCUT2D eigenvalue weighted by Gasteiger charge is 2.44. The summed E-state index contributed by atoms with van der Waals surface area (Å²) in [7, 11) is 0. The summed E-state index contributed by atoms with van der Waals surface area (Å²) in [5, 5.41) is 9.81. The monoisotopic (exact) mass is 585 g/mol. The maximum Gasteiger partial charge on any atom is 0.354 e. The van der Waals surface area contributed by atoms with E-state index in [0.717, 1.165) is 36.5 Å². The van der Waals surface area contributed by atoms with Gasteiger partial charge in [0, 0.05) is 52.5 Å². The zero-order valence-corrected chi connectivity index (χ0v) is 23.0. The van der Waals surface area contributed by atoms with Crippen molar-refractivity contribution in [2.24, 2.45) is 0 Å². The Morgan fingerprint density at radius 3 is 2.76 bits per heavy atom. The highest BCUT2D eigenvalue weighted by Crippen LogP contribution is 2.54. The molecule has 212 valence electrons. The Kier molecular flexibility index (Phi) is 6.79. The van der Waals surface area contributed by atoms with Crippen molar-refractivity contribution >= 4 is 28.7 Å². The number of benzene rings is 1. The number of ether oxygens (including phenoxy) is 2. The molecule has 1 aliphatic heterocycles. The highest BCUT2D eigenvalue weighted by atomic mass is 35.5. The van der Waals surface area contributed by atoms with E-state index in [-0.39, 0.29) is 30.2 Å². The van der Waals surface area contributed by atoms with E-state index < -0.39 is 11.8 Å². The Morgan fingerprint density at radius 1 is 1.10 bits per heavy atom. The molecule has 0 radical (unpaired) electrons. The second-order valence-electron chi connectivity index (χ2n) is 10.5. The predicted octanol–water partition coefficient (Wildman–Crippen LogP) is 6.02. The average molecular weight is 586 g/mol. The first-order valence-electron chi connectivity index (χ1n) is 13.6. The van der Waals surface area contributed by atoms with Crippen LogP contribution in [-0.4, -0.2) is 48.3 Å². The number of halogens is 2. The van der Waals surface area contributed by atoms with Crippen LogP contribution >= 0.6 is 11.6 Å². The summed E-state index contributed by atoms with van der Waals surface area (Å²) >= 11 is 5.85. The van der Waals surface area contributed by atoms with Crippen molar-refractivity contribution in [1.29, 1.82) is 0 Å². The summed E-state index contributed by atoms with van der Waals surface area (Å²) < 4.78 is 27.6. The lowest BCUT2D eigenvalue weighted by atomic mass is 10.1. The third-order valence-corrected chi connectivity index (χ3v) is 7.95. The summed E-state index contributed by atoms with van der Waals surface area (Å²) in [6.07, 6.45) is 3.64. The van der Waals surface area contributed by atoms with Gasteiger partial charge in [-0.15, -0.1) is 0 Å². The van der Waals surface area contributed by atoms with E-state index in [0.29, 0.717) is 39.9 Å². The molecule has 2 fully saturated rings. The van der Waals surface area contributed by atoms with Crippen molar-refractivity contribution in [2.45, 2.75) is 43.9 Å². The van der Waals surface area contributed by atoms with Gasteiger partial charge in [0.25, 0.3) is 0 Å². The van der Waals surface area contributed by atoms with E-state index in [9.17, 15) is 14.3 Å². The third kappa shape index (κ3) is 5.19. The van der Waals surface area contributed by atoms with Crippen LogP contribution in [0.4, 0.5) is 4.39 Å². The molecule has 0 spiro atoms. The summed E-state index contributed by atoms with van der Waals surface area (Å²) in [4.78, 5) is 30.1. The molecule has 5 heterocycles. The third-order valence-electron chi connectivity index (χ3n) is 7.71. The van der Waals surface area contributed by atoms with Crippen LogP contribution in [0, 0.1) is 5.82 Å². The SMILES string of the molecule is O=C(O)c1ccc2nc(C3CC3c3cc(-c4cccc(OCc5ccc(Cl)cc5F)n4)ccn3)n(CC3CCO3)c2n1. The molecule has 11 heteroatoms. The smallest absolute Gasteiger partial charge is 0.354 e. The molecule has 42 heavy (non-hydrogen) atoms. The minimum Gasteiger partial charge on any atom is -0.477 e.